The third-order valence-corrected chi connectivity index (χ3v) is 12.0. The second-order valence-electron chi connectivity index (χ2n) is 15.6. The van der Waals surface area contributed by atoms with E-state index in [0.717, 1.165) is 30.8 Å². The fraction of sp³-hybridized carbons (Fsp3) is 0.694. The number of methoxy groups -OCH3 is 1. The van der Waals surface area contributed by atoms with Gasteiger partial charge < -0.3 is 19.3 Å². The summed E-state index contributed by atoms with van der Waals surface area (Å²) >= 11 is 0. The number of aliphatic hydroxyl groups is 1. The van der Waals surface area contributed by atoms with Gasteiger partial charge in [0.25, 0.3) is 0 Å². The fourth-order valence-corrected chi connectivity index (χ4v) is 9.59. The summed E-state index contributed by atoms with van der Waals surface area (Å²) in [6.45, 7) is 15.2. The van der Waals surface area contributed by atoms with Crippen LogP contribution in [-0.4, -0.2) is 47.7 Å². The van der Waals surface area contributed by atoms with Gasteiger partial charge in [0, 0.05) is 25.2 Å². The first kappa shape index (κ1) is 30.4. The Hall–Kier alpha value is -2.67. The predicted octanol–water partition coefficient (Wildman–Crippen LogP) is 6.17. The molecule has 6 rings (SSSR count). The highest BCUT2D eigenvalue weighted by Gasteiger charge is 2.67. The quantitative estimate of drug-likeness (QED) is 0.303. The number of ketones is 1. The minimum absolute atomic E-state index is 0.163. The van der Waals surface area contributed by atoms with Crippen molar-refractivity contribution in [1.82, 2.24) is 0 Å². The van der Waals surface area contributed by atoms with E-state index in [-0.39, 0.29) is 35.0 Å². The average molecular weight is 593 g/mol. The van der Waals surface area contributed by atoms with Crippen molar-refractivity contribution in [2.45, 2.75) is 110 Å². The van der Waals surface area contributed by atoms with E-state index >= 15 is 0 Å². The molecule has 4 fully saturated rings. The molecule has 3 saturated carbocycles. The molecule has 4 aliphatic carbocycles. The maximum atomic E-state index is 14.3. The zero-order valence-corrected chi connectivity index (χ0v) is 26.7. The minimum Gasteiger partial charge on any atom is -0.491 e. The fourth-order valence-electron chi connectivity index (χ4n) is 9.59. The lowest BCUT2D eigenvalue weighted by Gasteiger charge is -2.47. The van der Waals surface area contributed by atoms with Crippen LogP contribution < -0.4 is 0 Å². The Kier molecular flexibility index (Phi) is 7.38. The SMILES string of the molecule is C=C(C)[C@@H]1C/C=C2/C(=O)O[C@@H](C/C(C)=C\C(=O)[C@H]3C[C@@]4(CC[C@@H]5[C@@H]4CC(C)(C)C[C@H]4C[C@]45C)OC(=C3C(=O)OC)C1)[C@@H]2O. The van der Waals surface area contributed by atoms with E-state index in [4.69, 9.17) is 14.2 Å². The van der Waals surface area contributed by atoms with E-state index in [1.54, 1.807) is 12.2 Å². The first-order chi connectivity index (χ1) is 20.2. The molecule has 2 aliphatic heterocycles. The normalized spacial score (nSPS) is 44.4. The molecule has 7 nitrogen and oxygen atoms in total. The second-order valence-corrected chi connectivity index (χ2v) is 15.6. The Morgan fingerprint density at radius 3 is 2.53 bits per heavy atom. The van der Waals surface area contributed by atoms with Gasteiger partial charge in [-0.15, -0.1) is 0 Å². The van der Waals surface area contributed by atoms with Gasteiger partial charge in [-0.05, 0) is 87.0 Å². The predicted molar refractivity (Wildman–Crippen MR) is 161 cm³/mol. The van der Waals surface area contributed by atoms with Crippen molar-refractivity contribution in [2.24, 2.45) is 40.4 Å². The van der Waals surface area contributed by atoms with Gasteiger partial charge in [-0.1, -0.05) is 44.6 Å². The molecule has 1 spiro atoms. The van der Waals surface area contributed by atoms with Gasteiger partial charge in [0.2, 0.25) is 0 Å². The largest absolute Gasteiger partial charge is 0.491 e. The highest BCUT2D eigenvalue weighted by atomic mass is 16.6. The van der Waals surface area contributed by atoms with Gasteiger partial charge in [0.05, 0.1) is 24.2 Å². The van der Waals surface area contributed by atoms with Crippen molar-refractivity contribution >= 4 is 17.7 Å². The lowest BCUT2D eigenvalue weighted by atomic mass is 9.67. The summed E-state index contributed by atoms with van der Waals surface area (Å²) in [5, 5.41) is 10.9. The minimum atomic E-state index is -1.06. The van der Waals surface area contributed by atoms with Crippen molar-refractivity contribution < 1.29 is 33.7 Å². The van der Waals surface area contributed by atoms with E-state index in [1.165, 1.54) is 20.0 Å². The van der Waals surface area contributed by atoms with Gasteiger partial charge in [0.15, 0.2) is 5.78 Å². The lowest BCUT2D eigenvalue weighted by molar-refractivity contribution is -0.143. The summed E-state index contributed by atoms with van der Waals surface area (Å²) in [5.41, 5.74) is 2.05. The molecule has 0 unspecified atom stereocenters. The van der Waals surface area contributed by atoms with Crippen molar-refractivity contribution in [2.75, 3.05) is 7.11 Å². The van der Waals surface area contributed by atoms with Crippen LogP contribution in [0, 0.1) is 40.4 Å². The number of rotatable bonds is 2. The molecular formula is C36H48O7. The van der Waals surface area contributed by atoms with Crippen molar-refractivity contribution in [3.8, 4) is 0 Å². The molecule has 0 amide bonds. The first-order valence-corrected chi connectivity index (χ1v) is 16.1. The molecule has 9 atom stereocenters. The van der Waals surface area contributed by atoms with Crippen LogP contribution in [-0.2, 0) is 28.6 Å². The average Bonchev–Trinajstić information content (AvgIpc) is 3.35. The Labute approximate surface area is 255 Å². The standard InChI is InChI=1S/C36H48O7/c1-19(2)21-8-9-23-31(38)29(42-32(23)39)13-20(3)12-27(37)24-17-36(43-28(14-21)30(24)33(40)41-7)11-10-25-26(36)18-34(4,5)15-22-16-35(22,25)6/h9,12,21-22,24-26,29,31,38H,1,8,10-11,13-18H2,2-7H3/b20-12-,23-9+/t21-,22+,24-,25-,26+,29+,31-,35-,36-/m1/s1. The number of carbonyl (C=O) groups excluding carboxylic acids is 3. The maximum Gasteiger partial charge on any atom is 0.337 e. The second kappa shape index (κ2) is 10.5. The Bertz CT molecular complexity index is 1350. The molecule has 43 heavy (non-hydrogen) atoms. The Balaban J connectivity index is 1.48. The van der Waals surface area contributed by atoms with Crippen LogP contribution in [0.15, 0.2) is 46.8 Å². The van der Waals surface area contributed by atoms with E-state index < -0.39 is 35.7 Å². The maximum absolute atomic E-state index is 14.3. The Morgan fingerprint density at radius 1 is 1.09 bits per heavy atom. The summed E-state index contributed by atoms with van der Waals surface area (Å²) in [6.07, 6.45) is 8.42. The third kappa shape index (κ3) is 5.13. The van der Waals surface area contributed by atoms with Crippen LogP contribution in [0.5, 0.6) is 0 Å². The van der Waals surface area contributed by atoms with Gasteiger partial charge in [-0.2, -0.15) is 0 Å². The molecule has 1 saturated heterocycles. The van der Waals surface area contributed by atoms with E-state index in [2.05, 4.69) is 27.4 Å². The number of esters is 2. The van der Waals surface area contributed by atoms with Gasteiger partial charge in [-0.25, -0.2) is 9.59 Å². The van der Waals surface area contributed by atoms with Gasteiger partial charge in [0.1, 0.15) is 23.6 Å². The molecule has 4 bridgehead atoms. The van der Waals surface area contributed by atoms with Gasteiger partial charge >= 0.3 is 11.9 Å². The van der Waals surface area contributed by atoms with Crippen LogP contribution in [0.25, 0.3) is 0 Å². The van der Waals surface area contributed by atoms with E-state index in [1.807, 2.05) is 13.8 Å². The molecule has 234 valence electrons. The van der Waals surface area contributed by atoms with E-state index in [0.29, 0.717) is 47.5 Å². The zero-order chi connectivity index (χ0) is 31.1. The molecule has 7 heteroatoms. The van der Waals surface area contributed by atoms with Gasteiger partial charge in [-0.3, -0.25) is 4.79 Å². The van der Waals surface area contributed by atoms with Crippen molar-refractivity contribution in [3.05, 3.63) is 46.8 Å². The van der Waals surface area contributed by atoms with E-state index in [9.17, 15) is 19.5 Å². The number of hydrogen-bond donors (Lipinski definition) is 1. The number of fused-ring (bicyclic) bond motifs is 7. The summed E-state index contributed by atoms with van der Waals surface area (Å²) in [4.78, 5) is 40.5. The smallest absolute Gasteiger partial charge is 0.337 e. The molecule has 0 aromatic carbocycles. The number of ether oxygens (including phenoxy) is 3. The summed E-state index contributed by atoms with van der Waals surface area (Å²) in [7, 11) is 1.36. The highest BCUT2D eigenvalue weighted by molar-refractivity contribution is 6.03. The summed E-state index contributed by atoms with van der Waals surface area (Å²) in [5.74, 6) is -0.0229. The molecule has 0 aromatic heterocycles. The Morgan fingerprint density at radius 2 is 1.84 bits per heavy atom. The van der Waals surface area contributed by atoms with Crippen LogP contribution in [0.1, 0.15) is 92.4 Å². The molecule has 2 heterocycles. The highest BCUT2D eigenvalue weighted by Crippen LogP contribution is 2.72. The monoisotopic (exact) mass is 592 g/mol. The lowest BCUT2D eigenvalue weighted by Crippen LogP contribution is -2.48. The third-order valence-electron chi connectivity index (χ3n) is 12.0. The topological polar surface area (TPSA) is 99.1 Å². The number of allylic oxidation sites excluding steroid dienone is 4. The number of hydrogen-bond acceptors (Lipinski definition) is 7. The van der Waals surface area contributed by atoms with Crippen LogP contribution in [0.3, 0.4) is 0 Å². The first-order valence-electron chi connectivity index (χ1n) is 16.1. The molecule has 0 radical (unpaired) electrons. The molecule has 0 aromatic rings. The van der Waals surface area contributed by atoms with Crippen LogP contribution >= 0.6 is 0 Å². The number of carbonyl (C=O) groups is 3. The zero-order valence-electron chi connectivity index (χ0n) is 26.7. The summed E-state index contributed by atoms with van der Waals surface area (Å²) in [6, 6.07) is 0. The van der Waals surface area contributed by atoms with Crippen molar-refractivity contribution in [1.29, 1.82) is 0 Å². The summed E-state index contributed by atoms with van der Waals surface area (Å²) < 4.78 is 18.0. The molecule has 6 aliphatic rings. The number of aliphatic hydroxyl groups excluding tert-OH is 1. The van der Waals surface area contributed by atoms with Crippen molar-refractivity contribution in [3.63, 3.8) is 0 Å². The molecule has 1 N–H and O–H groups in total. The molecular weight excluding hydrogens is 544 g/mol. The van der Waals surface area contributed by atoms with Crippen LogP contribution in [0.2, 0.25) is 0 Å². The van der Waals surface area contributed by atoms with Crippen LogP contribution in [0.4, 0.5) is 0 Å².